The lowest BCUT2D eigenvalue weighted by atomic mass is 10.2. The number of esters is 1. The number of pyridine rings is 1. The molecule has 2 heterocycles. The number of anilines is 2. The summed E-state index contributed by atoms with van der Waals surface area (Å²) in [4.78, 5) is 24.8. The first kappa shape index (κ1) is 16.9. The normalized spacial score (nSPS) is 10.3. The molecule has 3 rings (SSSR count). The minimum atomic E-state index is -0.451. The van der Waals surface area contributed by atoms with E-state index in [1.165, 1.54) is 18.0 Å². The molecule has 25 heavy (non-hydrogen) atoms. The number of aromatic nitrogens is 3. The molecule has 6 nitrogen and oxygen atoms in total. The van der Waals surface area contributed by atoms with E-state index in [-0.39, 0.29) is 0 Å². The van der Waals surface area contributed by atoms with Gasteiger partial charge in [-0.3, -0.25) is 4.98 Å². The third-order valence-electron chi connectivity index (χ3n) is 3.23. The van der Waals surface area contributed by atoms with Gasteiger partial charge in [0, 0.05) is 35.9 Å². The number of ether oxygens (including phenoxy) is 1. The average molecular weight is 352 g/mol. The van der Waals surface area contributed by atoms with Crippen LogP contribution in [0.3, 0.4) is 0 Å². The van der Waals surface area contributed by atoms with Crippen LogP contribution in [0.1, 0.15) is 16.1 Å². The number of rotatable bonds is 5. The number of carbonyl (C=O) groups excluding carboxylic acids is 1. The molecule has 0 aliphatic carbocycles. The molecule has 0 radical (unpaired) electrons. The van der Waals surface area contributed by atoms with Crippen LogP contribution in [0.25, 0.3) is 0 Å². The van der Waals surface area contributed by atoms with Crippen molar-refractivity contribution in [1.29, 1.82) is 0 Å². The van der Waals surface area contributed by atoms with Gasteiger partial charge in [-0.25, -0.2) is 14.8 Å². The minimum absolute atomic E-state index is 0.400. The minimum Gasteiger partial charge on any atom is -0.423 e. The van der Waals surface area contributed by atoms with Crippen LogP contribution in [0.15, 0.2) is 60.0 Å². The molecule has 0 saturated carbocycles. The summed E-state index contributed by atoms with van der Waals surface area (Å²) in [6.45, 7) is 1.92. The maximum atomic E-state index is 12.1. The van der Waals surface area contributed by atoms with E-state index in [2.05, 4.69) is 20.3 Å². The molecule has 3 aromatic rings. The Kier molecular flexibility index (Phi) is 5.25. The number of aryl methyl sites for hydroxylation is 1. The highest BCUT2D eigenvalue weighted by molar-refractivity contribution is 7.98. The second-order valence-corrected chi connectivity index (χ2v) is 5.94. The Bertz CT molecular complexity index is 887. The third-order valence-corrected chi connectivity index (χ3v) is 3.78. The van der Waals surface area contributed by atoms with Crippen molar-refractivity contribution in [1.82, 2.24) is 15.0 Å². The van der Waals surface area contributed by atoms with Crippen LogP contribution in [0.2, 0.25) is 0 Å². The van der Waals surface area contributed by atoms with Crippen molar-refractivity contribution < 1.29 is 9.53 Å². The Balaban J connectivity index is 1.75. The molecule has 7 heteroatoms. The Labute approximate surface area is 149 Å². The highest BCUT2D eigenvalue weighted by Gasteiger charge is 2.09. The lowest BCUT2D eigenvalue weighted by Crippen LogP contribution is -2.08. The zero-order valence-electron chi connectivity index (χ0n) is 13.8. The van der Waals surface area contributed by atoms with Gasteiger partial charge >= 0.3 is 5.97 Å². The molecule has 0 saturated heterocycles. The molecular weight excluding hydrogens is 336 g/mol. The molecule has 0 unspecified atom stereocenters. The number of hydrogen-bond acceptors (Lipinski definition) is 7. The number of carbonyl (C=O) groups is 1. The number of nitrogens with zero attached hydrogens (tertiary/aromatic N) is 3. The van der Waals surface area contributed by atoms with E-state index >= 15 is 0 Å². The van der Waals surface area contributed by atoms with Crippen molar-refractivity contribution in [3.8, 4) is 5.75 Å². The lowest BCUT2D eigenvalue weighted by Gasteiger charge is -2.09. The summed E-state index contributed by atoms with van der Waals surface area (Å²) in [6, 6.07) is 12.3. The fourth-order valence-electron chi connectivity index (χ4n) is 2.13. The molecule has 0 spiro atoms. The Morgan fingerprint density at radius 1 is 1.16 bits per heavy atom. The maximum Gasteiger partial charge on any atom is 0.345 e. The molecule has 0 atom stereocenters. The maximum absolute atomic E-state index is 12.1. The smallest absolute Gasteiger partial charge is 0.345 e. The van der Waals surface area contributed by atoms with Crippen LogP contribution in [-0.4, -0.2) is 27.2 Å². The summed E-state index contributed by atoms with van der Waals surface area (Å²) in [5.74, 6) is 0.676. The van der Waals surface area contributed by atoms with E-state index in [4.69, 9.17) is 4.74 Å². The molecule has 126 valence electrons. The SMILES string of the molecule is CSc1nc(C)cc(Nc2cccc(OC(=O)c3cccnc3)c2)n1. The first-order valence-electron chi connectivity index (χ1n) is 7.53. The zero-order valence-corrected chi connectivity index (χ0v) is 14.6. The second kappa shape index (κ2) is 7.76. The van der Waals surface area contributed by atoms with E-state index in [0.29, 0.717) is 22.3 Å². The topological polar surface area (TPSA) is 77.0 Å². The van der Waals surface area contributed by atoms with Gasteiger partial charge in [-0.2, -0.15) is 0 Å². The molecule has 0 fully saturated rings. The van der Waals surface area contributed by atoms with E-state index in [9.17, 15) is 4.79 Å². The second-order valence-electron chi connectivity index (χ2n) is 5.17. The molecule has 2 aromatic heterocycles. The fraction of sp³-hybridized carbons (Fsp3) is 0.111. The van der Waals surface area contributed by atoms with Gasteiger partial charge in [0.25, 0.3) is 0 Å². The zero-order chi connectivity index (χ0) is 17.6. The summed E-state index contributed by atoms with van der Waals surface area (Å²) in [6.07, 6.45) is 5.00. The predicted molar refractivity (Wildman–Crippen MR) is 97.5 cm³/mol. The summed E-state index contributed by atoms with van der Waals surface area (Å²) >= 11 is 1.48. The van der Waals surface area contributed by atoms with Gasteiger partial charge < -0.3 is 10.1 Å². The van der Waals surface area contributed by atoms with Crippen molar-refractivity contribution in [2.24, 2.45) is 0 Å². The molecule has 0 aliphatic heterocycles. The predicted octanol–water partition coefficient (Wildman–Crippen LogP) is 3.86. The first-order valence-corrected chi connectivity index (χ1v) is 8.75. The Morgan fingerprint density at radius 2 is 2.04 bits per heavy atom. The summed E-state index contributed by atoms with van der Waals surface area (Å²) < 4.78 is 5.39. The molecule has 0 amide bonds. The van der Waals surface area contributed by atoms with E-state index < -0.39 is 5.97 Å². The first-order chi connectivity index (χ1) is 12.1. The van der Waals surface area contributed by atoms with Gasteiger partial charge in [0.2, 0.25) is 0 Å². The fourth-order valence-corrected chi connectivity index (χ4v) is 2.56. The van der Waals surface area contributed by atoms with Gasteiger partial charge in [0.1, 0.15) is 11.6 Å². The Hall–Kier alpha value is -2.93. The van der Waals surface area contributed by atoms with Crippen LogP contribution in [0.4, 0.5) is 11.5 Å². The van der Waals surface area contributed by atoms with Gasteiger partial charge in [-0.15, -0.1) is 0 Å². The number of nitrogens with one attached hydrogen (secondary N) is 1. The van der Waals surface area contributed by atoms with Crippen LogP contribution in [-0.2, 0) is 0 Å². The van der Waals surface area contributed by atoms with Crippen LogP contribution >= 0.6 is 11.8 Å². The van der Waals surface area contributed by atoms with Crippen LogP contribution in [0.5, 0.6) is 5.75 Å². The summed E-state index contributed by atoms with van der Waals surface area (Å²) in [5.41, 5.74) is 2.04. The third kappa shape index (κ3) is 4.54. The van der Waals surface area contributed by atoms with Gasteiger partial charge in [0.15, 0.2) is 5.16 Å². The number of benzene rings is 1. The van der Waals surface area contributed by atoms with Crippen LogP contribution < -0.4 is 10.1 Å². The molecule has 0 aliphatic rings. The molecule has 1 aromatic carbocycles. The van der Waals surface area contributed by atoms with Crippen LogP contribution in [0, 0.1) is 6.92 Å². The molecule has 1 N–H and O–H groups in total. The monoisotopic (exact) mass is 352 g/mol. The van der Waals surface area contributed by atoms with Crippen molar-refractivity contribution in [3.63, 3.8) is 0 Å². The Morgan fingerprint density at radius 3 is 2.80 bits per heavy atom. The van der Waals surface area contributed by atoms with E-state index in [1.807, 2.05) is 25.3 Å². The van der Waals surface area contributed by atoms with Gasteiger partial charge in [0.05, 0.1) is 5.56 Å². The quantitative estimate of drug-likeness (QED) is 0.323. The largest absolute Gasteiger partial charge is 0.423 e. The summed E-state index contributed by atoms with van der Waals surface area (Å²) in [7, 11) is 0. The lowest BCUT2D eigenvalue weighted by molar-refractivity contribution is 0.0734. The molecular formula is C18H16N4O2S. The highest BCUT2D eigenvalue weighted by Crippen LogP contribution is 2.23. The number of thioether (sulfide) groups is 1. The van der Waals surface area contributed by atoms with E-state index in [0.717, 1.165) is 11.4 Å². The van der Waals surface area contributed by atoms with Gasteiger partial charge in [-0.1, -0.05) is 17.8 Å². The average Bonchev–Trinajstić information content (AvgIpc) is 2.62. The standard InChI is InChI=1S/C18H16N4O2S/c1-12-9-16(22-18(20-12)25-2)21-14-6-3-7-15(10-14)24-17(23)13-5-4-8-19-11-13/h3-11H,1-2H3,(H,20,21,22). The summed E-state index contributed by atoms with van der Waals surface area (Å²) in [5, 5.41) is 3.90. The van der Waals surface area contributed by atoms with Crippen molar-refractivity contribution in [2.45, 2.75) is 12.1 Å². The van der Waals surface area contributed by atoms with Crippen molar-refractivity contribution in [2.75, 3.05) is 11.6 Å². The van der Waals surface area contributed by atoms with Crippen molar-refractivity contribution in [3.05, 3.63) is 66.1 Å². The highest BCUT2D eigenvalue weighted by atomic mass is 32.2. The van der Waals surface area contributed by atoms with Crippen molar-refractivity contribution >= 4 is 29.2 Å². The number of hydrogen-bond donors (Lipinski definition) is 1. The van der Waals surface area contributed by atoms with Gasteiger partial charge in [-0.05, 0) is 37.4 Å². The molecule has 0 bridgehead atoms. The van der Waals surface area contributed by atoms with E-state index in [1.54, 1.807) is 36.5 Å².